The van der Waals surface area contributed by atoms with Crippen molar-refractivity contribution in [3.8, 4) is 0 Å². The molecule has 3 heteroatoms. The van der Waals surface area contributed by atoms with Gasteiger partial charge in [0.15, 0.2) is 0 Å². The Labute approximate surface area is 93.3 Å². The average molecular weight is 255 g/mol. The second-order valence-electron chi connectivity index (χ2n) is 3.97. The van der Waals surface area contributed by atoms with Crippen molar-refractivity contribution in [3.05, 3.63) is 22.3 Å². The van der Waals surface area contributed by atoms with Crippen LogP contribution in [0.3, 0.4) is 0 Å². The van der Waals surface area contributed by atoms with Crippen LogP contribution >= 0.6 is 15.9 Å². The summed E-state index contributed by atoms with van der Waals surface area (Å²) in [5.41, 5.74) is 1.23. The van der Waals surface area contributed by atoms with Gasteiger partial charge in [-0.3, -0.25) is 0 Å². The molecule has 1 aliphatic rings. The predicted octanol–water partition coefficient (Wildman–Crippen LogP) is 3.36. The van der Waals surface area contributed by atoms with E-state index in [1.807, 2.05) is 12.3 Å². The van der Waals surface area contributed by atoms with E-state index in [1.54, 1.807) is 0 Å². The van der Waals surface area contributed by atoms with Crippen LogP contribution in [0.25, 0.3) is 0 Å². The molecule has 0 spiro atoms. The SMILES string of the molecule is Cc1ccnc(NCC2CCC2)c1Br. The molecule has 1 saturated carbocycles. The van der Waals surface area contributed by atoms with Crippen LogP contribution in [-0.4, -0.2) is 11.5 Å². The van der Waals surface area contributed by atoms with Gasteiger partial charge in [0.05, 0.1) is 4.47 Å². The number of rotatable bonds is 3. The molecule has 0 amide bonds. The fraction of sp³-hybridized carbons (Fsp3) is 0.545. The van der Waals surface area contributed by atoms with Crippen molar-refractivity contribution in [2.75, 3.05) is 11.9 Å². The molecule has 0 radical (unpaired) electrons. The fourth-order valence-corrected chi connectivity index (χ4v) is 1.98. The van der Waals surface area contributed by atoms with Gasteiger partial charge in [-0.15, -0.1) is 0 Å². The zero-order valence-corrected chi connectivity index (χ0v) is 9.97. The highest BCUT2D eigenvalue weighted by Crippen LogP contribution is 2.28. The molecule has 76 valence electrons. The Morgan fingerprint density at radius 1 is 1.57 bits per heavy atom. The fourth-order valence-electron chi connectivity index (χ4n) is 1.60. The first-order valence-corrected chi connectivity index (χ1v) is 5.91. The Balaban J connectivity index is 1.97. The van der Waals surface area contributed by atoms with E-state index in [2.05, 4.69) is 33.2 Å². The van der Waals surface area contributed by atoms with Crippen molar-refractivity contribution in [1.29, 1.82) is 0 Å². The largest absolute Gasteiger partial charge is 0.369 e. The van der Waals surface area contributed by atoms with Gasteiger partial charge in [-0.1, -0.05) is 6.42 Å². The lowest BCUT2D eigenvalue weighted by atomic mass is 9.85. The maximum absolute atomic E-state index is 4.31. The van der Waals surface area contributed by atoms with Crippen LogP contribution in [0.1, 0.15) is 24.8 Å². The minimum absolute atomic E-state index is 0.865. The van der Waals surface area contributed by atoms with Gasteiger partial charge in [-0.2, -0.15) is 0 Å². The van der Waals surface area contributed by atoms with E-state index < -0.39 is 0 Å². The van der Waals surface area contributed by atoms with Gasteiger partial charge in [0.1, 0.15) is 5.82 Å². The second-order valence-corrected chi connectivity index (χ2v) is 4.76. The smallest absolute Gasteiger partial charge is 0.140 e. The Hall–Kier alpha value is -0.570. The van der Waals surface area contributed by atoms with Gasteiger partial charge in [-0.05, 0) is 53.2 Å². The maximum Gasteiger partial charge on any atom is 0.140 e. The summed E-state index contributed by atoms with van der Waals surface area (Å²) in [6.45, 7) is 3.15. The van der Waals surface area contributed by atoms with Crippen LogP contribution in [0.2, 0.25) is 0 Å². The van der Waals surface area contributed by atoms with E-state index in [9.17, 15) is 0 Å². The molecule has 0 unspecified atom stereocenters. The molecule has 1 aliphatic carbocycles. The van der Waals surface area contributed by atoms with Crippen molar-refractivity contribution < 1.29 is 0 Å². The monoisotopic (exact) mass is 254 g/mol. The summed E-state index contributed by atoms with van der Waals surface area (Å²) in [6.07, 6.45) is 5.99. The Morgan fingerprint density at radius 2 is 2.36 bits per heavy atom. The molecule has 1 aromatic heterocycles. The van der Waals surface area contributed by atoms with Gasteiger partial charge >= 0.3 is 0 Å². The molecule has 0 saturated heterocycles. The number of aryl methyl sites for hydroxylation is 1. The quantitative estimate of drug-likeness (QED) is 0.895. The average Bonchev–Trinajstić information content (AvgIpc) is 2.09. The lowest BCUT2D eigenvalue weighted by Crippen LogP contribution is -2.21. The Kier molecular flexibility index (Phi) is 3.06. The molecule has 2 nitrogen and oxygen atoms in total. The van der Waals surface area contributed by atoms with E-state index in [-0.39, 0.29) is 0 Å². The highest BCUT2D eigenvalue weighted by atomic mass is 79.9. The summed E-state index contributed by atoms with van der Waals surface area (Å²) in [5, 5.41) is 3.40. The van der Waals surface area contributed by atoms with Crippen molar-refractivity contribution in [2.24, 2.45) is 5.92 Å². The highest BCUT2D eigenvalue weighted by molar-refractivity contribution is 9.10. The molecule has 2 rings (SSSR count). The summed E-state index contributed by atoms with van der Waals surface area (Å²) in [4.78, 5) is 4.31. The predicted molar refractivity (Wildman–Crippen MR) is 62.5 cm³/mol. The molecule has 0 aliphatic heterocycles. The molecule has 1 N–H and O–H groups in total. The number of aromatic nitrogens is 1. The van der Waals surface area contributed by atoms with Crippen molar-refractivity contribution in [3.63, 3.8) is 0 Å². The van der Waals surface area contributed by atoms with Crippen LogP contribution in [0.15, 0.2) is 16.7 Å². The minimum Gasteiger partial charge on any atom is -0.369 e. The van der Waals surface area contributed by atoms with Crippen molar-refractivity contribution in [2.45, 2.75) is 26.2 Å². The van der Waals surface area contributed by atoms with E-state index in [0.29, 0.717) is 0 Å². The molecule has 14 heavy (non-hydrogen) atoms. The normalized spacial score (nSPS) is 16.4. The number of pyridine rings is 1. The zero-order valence-electron chi connectivity index (χ0n) is 8.39. The third kappa shape index (κ3) is 2.08. The highest BCUT2D eigenvalue weighted by Gasteiger charge is 2.17. The third-order valence-electron chi connectivity index (χ3n) is 2.87. The summed E-state index contributed by atoms with van der Waals surface area (Å²) in [7, 11) is 0. The number of nitrogens with one attached hydrogen (secondary N) is 1. The summed E-state index contributed by atoms with van der Waals surface area (Å²) >= 11 is 3.55. The number of hydrogen-bond donors (Lipinski definition) is 1. The van der Waals surface area contributed by atoms with Gasteiger partial charge in [0.25, 0.3) is 0 Å². The molecule has 1 heterocycles. The number of hydrogen-bond acceptors (Lipinski definition) is 2. The summed E-state index contributed by atoms with van der Waals surface area (Å²) in [5.74, 6) is 1.85. The van der Waals surface area contributed by atoms with E-state index in [1.165, 1.54) is 24.8 Å². The third-order valence-corrected chi connectivity index (χ3v) is 3.87. The molecule has 0 atom stereocenters. The summed E-state index contributed by atoms with van der Waals surface area (Å²) < 4.78 is 1.10. The van der Waals surface area contributed by atoms with E-state index in [0.717, 1.165) is 22.8 Å². The molecule has 1 aromatic rings. The first-order chi connectivity index (χ1) is 6.77. The molecular formula is C11H15BrN2. The van der Waals surface area contributed by atoms with Gasteiger partial charge in [-0.25, -0.2) is 4.98 Å². The standard InChI is InChI=1S/C11H15BrN2/c1-8-5-6-13-11(10(8)12)14-7-9-3-2-4-9/h5-6,9H,2-4,7H2,1H3,(H,13,14). The lowest BCUT2D eigenvalue weighted by molar-refractivity contribution is 0.333. The maximum atomic E-state index is 4.31. The number of anilines is 1. The van der Waals surface area contributed by atoms with E-state index >= 15 is 0 Å². The number of nitrogens with zero attached hydrogens (tertiary/aromatic N) is 1. The molecule has 1 fully saturated rings. The van der Waals surface area contributed by atoms with Crippen LogP contribution < -0.4 is 5.32 Å². The summed E-state index contributed by atoms with van der Waals surface area (Å²) in [6, 6.07) is 2.01. The van der Waals surface area contributed by atoms with Gasteiger partial charge < -0.3 is 5.32 Å². The molecular weight excluding hydrogens is 240 g/mol. The molecule has 0 bridgehead atoms. The van der Waals surface area contributed by atoms with Crippen LogP contribution in [-0.2, 0) is 0 Å². The van der Waals surface area contributed by atoms with E-state index in [4.69, 9.17) is 0 Å². The number of halogens is 1. The van der Waals surface area contributed by atoms with Crippen molar-refractivity contribution >= 4 is 21.7 Å². The minimum atomic E-state index is 0.865. The van der Waals surface area contributed by atoms with Crippen LogP contribution in [0, 0.1) is 12.8 Å². The lowest BCUT2D eigenvalue weighted by Gasteiger charge is -2.25. The first-order valence-electron chi connectivity index (χ1n) is 5.12. The second kappa shape index (κ2) is 4.30. The first kappa shape index (κ1) is 9.97. The Morgan fingerprint density at radius 3 is 3.00 bits per heavy atom. The van der Waals surface area contributed by atoms with Gasteiger partial charge in [0.2, 0.25) is 0 Å². The topological polar surface area (TPSA) is 24.9 Å². The Bertz CT molecular complexity index is 321. The zero-order chi connectivity index (χ0) is 9.97. The van der Waals surface area contributed by atoms with Gasteiger partial charge in [0, 0.05) is 12.7 Å². The molecule has 0 aromatic carbocycles. The van der Waals surface area contributed by atoms with Crippen LogP contribution in [0.5, 0.6) is 0 Å². The van der Waals surface area contributed by atoms with Crippen molar-refractivity contribution in [1.82, 2.24) is 4.98 Å². The van der Waals surface area contributed by atoms with Crippen LogP contribution in [0.4, 0.5) is 5.82 Å².